The second-order valence-corrected chi connectivity index (χ2v) is 10.9. The largest absolute Gasteiger partial charge is 0.497 e. The van der Waals surface area contributed by atoms with Gasteiger partial charge in [0.25, 0.3) is 0 Å². The van der Waals surface area contributed by atoms with Gasteiger partial charge in [-0.2, -0.15) is 0 Å². The highest BCUT2D eigenvalue weighted by molar-refractivity contribution is 6.16. The average molecular weight is 541 g/mol. The van der Waals surface area contributed by atoms with Crippen molar-refractivity contribution in [2.45, 2.75) is 24.4 Å². The Morgan fingerprint density at radius 1 is 0.854 bits per heavy atom. The van der Waals surface area contributed by atoms with Crippen molar-refractivity contribution in [2.75, 3.05) is 12.4 Å². The van der Waals surface area contributed by atoms with E-state index in [0.717, 1.165) is 22.3 Å². The summed E-state index contributed by atoms with van der Waals surface area (Å²) in [5.74, 6) is -1.24. The second-order valence-electron chi connectivity index (χ2n) is 10.9. The van der Waals surface area contributed by atoms with Crippen molar-refractivity contribution < 1.29 is 19.1 Å². The van der Waals surface area contributed by atoms with E-state index in [4.69, 9.17) is 4.74 Å². The van der Waals surface area contributed by atoms with E-state index in [9.17, 15) is 14.4 Å². The zero-order valence-corrected chi connectivity index (χ0v) is 22.7. The van der Waals surface area contributed by atoms with E-state index in [-0.39, 0.29) is 17.5 Å². The Morgan fingerprint density at radius 2 is 1.61 bits per heavy atom. The van der Waals surface area contributed by atoms with Crippen LogP contribution in [0.25, 0.3) is 6.08 Å². The van der Waals surface area contributed by atoms with Crippen LogP contribution in [0.1, 0.15) is 49.0 Å². The number of para-hydroxylation sites is 1. The van der Waals surface area contributed by atoms with E-state index in [2.05, 4.69) is 5.32 Å². The standard InChI is InChI=1S/C35H28N2O4/c1-21-14-16-23(17-15-21)32(39)30-29(31(38)24-9-7-10-25(20-24)41-2)35(27-12-5-6-13-28(27)36-34(35)40)33-26-11-4-3-8-22(26)18-19-37(30)33/h3-20,29-30,33H,1-2H3,(H,36,40)/t29-,30-,33+,35+/m0/s1. The fourth-order valence-corrected chi connectivity index (χ4v) is 7.01. The van der Waals surface area contributed by atoms with Crippen molar-refractivity contribution >= 4 is 29.2 Å². The first-order valence-corrected chi connectivity index (χ1v) is 13.7. The summed E-state index contributed by atoms with van der Waals surface area (Å²) in [7, 11) is 1.55. The van der Waals surface area contributed by atoms with Crippen LogP contribution in [0.4, 0.5) is 5.69 Å². The van der Waals surface area contributed by atoms with E-state index in [1.54, 1.807) is 43.5 Å². The fourth-order valence-electron chi connectivity index (χ4n) is 7.01. The number of carbonyl (C=O) groups is 3. The number of hydrogen-bond donors (Lipinski definition) is 1. The first-order chi connectivity index (χ1) is 19.9. The molecule has 7 rings (SSSR count). The summed E-state index contributed by atoms with van der Waals surface area (Å²) in [5, 5.41) is 3.08. The molecule has 1 N–H and O–H groups in total. The third-order valence-corrected chi connectivity index (χ3v) is 8.81. The van der Waals surface area contributed by atoms with E-state index in [1.165, 1.54) is 0 Å². The lowest BCUT2D eigenvalue weighted by Crippen LogP contribution is -2.49. The molecular formula is C35H28N2O4. The van der Waals surface area contributed by atoms with E-state index in [0.29, 0.717) is 22.6 Å². The molecule has 0 aliphatic carbocycles. The molecule has 41 heavy (non-hydrogen) atoms. The molecule has 3 aliphatic heterocycles. The maximum atomic E-state index is 14.8. The highest BCUT2D eigenvalue weighted by atomic mass is 16.5. The van der Waals surface area contributed by atoms with Crippen molar-refractivity contribution in [1.82, 2.24) is 4.90 Å². The third-order valence-electron chi connectivity index (χ3n) is 8.81. The maximum absolute atomic E-state index is 14.8. The number of aryl methyl sites for hydroxylation is 1. The normalized spacial score (nSPS) is 23.5. The number of ether oxygens (including phenoxy) is 1. The lowest BCUT2D eigenvalue weighted by atomic mass is 9.62. The minimum atomic E-state index is -1.36. The van der Waals surface area contributed by atoms with Gasteiger partial charge in [-0.15, -0.1) is 0 Å². The summed E-state index contributed by atoms with van der Waals surface area (Å²) in [4.78, 5) is 45.9. The molecular weight excluding hydrogens is 512 g/mol. The summed E-state index contributed by atoms with van der Waals surface area (Å²) in [6.45, 7) is 1.97. The first kappa shape index (κ1) is 25.0. The third kappa shape index (κ3) is 3.53. The van der Waals surface area contributed by atoms with Gasteiger partial charge in [0.15, 0.2) is 11.6 Å². The predicted molar refractivity (Wildman–Crippen MR) is 157 cm³/mol. The number of carbonyl (C=O) groups excluding carboxylic acids is 3. The van der Waals surface area contributed by atoms with Gasteiger partial charge in [0, 0.05) is 23.0 Å². The molecule has 0 unspecified atom stereocenters. The Kier molecular flexibility index (Phi) is 5.68. The van der Waals surface area contributed by atoms with Gasteiger partial charge < -0.3 is 15.0 Å². The first-order valence-electron chi connectivity index (χ1n) is 13.7. The number of nitrogens with one attached hydrogen (secondary N) is 1. The molecule has 1 saturated heterocycles. The molecule has 0 radical (unpaired) electrons. The quantitative estimate of drug-likeness (QED) is 0.315. The summed E-state index contributed by atoms with van der Waals surface area (Å²) in [6.07, 6.45) is 3.85. The molecule has 6 nitrogen and oxygen atoms in total. The van der Waals surface area contributed by atoms with Gasteiger partial charge in [0.1, 0.15) is 17.2 Å². The zero-order valence-electron chi connectivity index (χ0n) is 22.7. The number of methoxy groups -OCH3 is 1. The Morgan fingerprint density at radius 3 is 2.41 bits per heavy atom. The van der Waals surface area contributed by atoms with E-state index >= 15 is 0 Å². The van der Waals surface area contributed by atoms with Crippen molar-refractivity contribution in [3.63, 3.8) is 0 Å². The van der Waals surface area contributed by atoms with Gasteiger partial charge in [-0.3, -0.25) is 14.4 Å². The minimum Gasteiger partial charge on any atom is -0.497 e. The number of fused-ring (bicyclic) bond motifs is 6. The topological polar surface area (TPSA) is 75.7 Å². The molecule has 0 saturated carbocycles. The molecule has 4 atom stereocenters. The molecule has 3 aliphatic rings. The number of ketones is 2. The number of nitrogens with zero attached hydrogens (tertiary/aromatic N) is 1. The number of rotatable bonds is 5. The molecule has 1 spiro atoms. The van der Waals surface area contributed by atoms with Crippen LogP contribution in [0.15, 0.2) is 103 Å². The smallest absolute Gasteiger partial charge is 0.238 e. The highest BCUT2D eigenvalue weighted by Crippen LogP contribution is 2.62. The predicted octanol–water partition coefficient (Wildman–Crippen LogP) is 5.99. The van der Waals surface area contributed by atoms with Gasteiger partial charge in [-0.1, -0.05) is 84.4 Å². The van der Waals surface area contributed by atoms with Crippen molar-refractivity contribution in [3.05, 3.63) is 137 Å². The van der Waals surface area contributed by atoms with Gasteiger partial charge in [0.2, 0.25) is 5.91 Å². The molecule has 6 heteroatoms. The minimum absolute atomic E-state index is 0.200. The Bertz CT molecular complexity index is 1760. The Hall–Kier alpha value is -4.97. The van der Waals surface area contributed by atoms with Crippen LogP contribution in [0, 0.1) is 12.8 Å². The Labute approximate surface area is 238 Å². The SMILES string of the molecule is COc1cccc(C(=O)[C@@H]2[C@@H](C(=O)c3ccc(C)cc3)N3C=Cc4ccccc4[C@@H]3[C@]23C(=O)Nc2ccccc23)c1. The molecule has 1 fully saturated rings. The van der Waals surface area contributed by atoms with Crippen LogP contribution in [0.2, 0.25) is 0 Å². The van der Waals surface area contributed by atoms with E-state index in [1.807, 2.05) is 84.8 Å². The second kappa shape index (κ2) is 9.30. The number of hydrogen-bond acceptors (Lipinski definition) is 5. The lowest BCUT2D eigenvalue weighted by molar-refractivity contribution is -0.122. The van der Waals surface area contributed by atoms with Gasteiger partial charge in [-0.25, -0.2) is 0 Å². The number of Topliss-reactive ketones (excluding diaryl/α,β-unsaturated/α-hetero) is 2. The van der Waals surface area contributed by atoms with Crippen LogP contribution in [-0.2, 0) is 10.2 Å². The molecule has 1 amide bonds. The van der Waals surface area contributed by atoms with Gasteiger partial charge in [-0.05, 0) is 47.9 Å². The molecule has 4 aromatic carbocycles. The summed E-state index contributed by atoms with van der Waals surface area (Å²) in [6, 6.07) is 28.3. The highest BCUT2D eigenvalue weighted by Gasteiger charge is 2.70. The summed E-state index contributed by atoms with van der Waals surface area (Å²) in [5.41, 5.74) is 3.82. The van der Waals surface area contributed by atoms with Gasteiger partial charge in [0.05, 0.1) is 19.1 Å². The van der Waals surface area contributed by atoms with Crippen molar-refractivity contribution in [1.29, 1.82) is 0 Å². The molecule has 0 bridgehead atoms. The maximum Gasteiger partial charge on any atom is 0.238 e. The number of anilines is 1. The molecule has 4 aromatic rings. The number of amides is 1. The van der Waals surface area contributed by atoms with Crippen LogP contribution in [0.5, 0.6) is 5.75 Å². The Balaban J connectivity index is 1.53. The molecule has 0 aromatic heterocycles. The molecule has 3 heterocycles. The monoisotopic (exact) mass is 540 g/mol. The number of benzene rings is 4. The van der Waals surface area contributed by atoms with E-state index < -0.39 is 23.4 Å². The zero-order chi connectivity index (χ0) is 28.3. The lowest BCUT2D eigenvalue weighted by Gasteiger charge is -2.38. The fraction of sp³-hybridized carbons (Fsp3) is 0.171. The summed E-state index contributed by atoms with van der Waals surface area (Å²) >= 11 is 0. The van der Waals surface area contributed by atoms with Gasteiger partial charge >= 0.3 is 0 Å². The summed E-state index contributed by atoms with van der Waals surface area (Å²) < 4.78 is 5.44. The van der Waals surface area contributed by atoms with Crippen LogP contribution >= 0.6 is 0 Å². The van der Waals surface area contributed by atoms with Crippen LogP contribution in [-0.4, -0.2) is 35.5 Å². The van der Waals surface area contributed by atoms with Crippen LogP contribution < -0.4 is 10.1 Å². The van der Waals surface area contributed by atoms with Crippen LogP contribution in [0.3, 0.4) is 0 Å². The average Bonchev–Trinajstić information content (AvgIpc) is 3.49. The van der Waals surface area contributed by atoms with Crippen molar-refractivity contribution in [2.24, 2.45) is 5.92 Å². The van der Waals surface area contributed by atoms with Crippen molar-refractivity contribution in [3.8, 4) is 5.75 Å². The molecule has 202 valence electrons.